The van der Waals surface area contributed by atoms with Gasteiger partial charge in [-0.15, -0.1) is 0 Å². The lowest BCUT2D eigenvalue weighted by Gasteiger charge is -1.96. The Morgan fingerprint density at radius 2 is 1.85 bits per heavy atom. The highest BCUT2D eigenvalue weighted by Crippen LogP contribution is 2.11. The van der Waals surface area contributed by atoms with Gasteiger partial charge in [0, 0.05) is 5.69 Å². The highest BCUT2D eigenvalue weighted by molar-refractivity contribution is 5.64. The summed E-state index contributed by atoms with van der Waals surface area (Å²) in [5, 5.41) is 0. The summed E-state index contributed by atoms with van der Waals surface area (Å²) in [5.74, 6) is 0. The van der Waals surface area contributed by atoms with E-state index in [4.69, 9.17) is 5.73 Å². The second-order valence-electron chi connectivity index (χ2n) is 2.22. The Bertz CT molecular complexity index is 274. The summed E-state index contributed by atoms with van der Waals surface area (Å²) < 4.78 is 0. The Morgan fingerprint density at radius 3 is 2.38 bits per heavy atom. The molecule has 0 spiro atoms. The summed E-state index contributed by atoms with van der Waals surface area (Å²) in [5.41, 5.74) is 7.51. The molecule has 1 nitrogen and oxygen atoms in total. The topological polar surface area (TPSA) is 26.0 Å². The van der Waals surface area contributed by atoms with E-state index in [2.05, 4.69) is 6.58 Å². The van der Waals surface area contributed by atoms with E-state index in [0.717, 1.165) is 11.3 Å². The molecule has 1 aromatic carbocycles. The highest BCUT2D eigenvalue weighted by atomic mass is 14.5. The first-order valence-corrected chi connectivity index (χ1v) is 4.48. The smallest absolute Gasteiger partial charge is 0.0387 e. The summed E-state index contributed by atoms with van der Waals surface area (Å²) in [6.45, 7) is 7.58. The van der Waals surface area contributed by atoms with Gasteiger partial charge in [0.25, 0.3) is 0 Å². The molecule has 0 aliphatic heterocycles. The summed E-state index contributed by atoms with van der Waals surface area (Å²) in [6.07, 6.45) is 5.53. The molecule has 0 bridgehead atoms. The number of nitrogens with two attached hydrogens (primary N) is 1. The average Bonchev–Trinajstić information content (AvgIpc) is 2.20. The van der Waals surface area contributed by atoms with Crippen molar-refractivity contribution in [2.45, 2.75) is 13.8 Å². The lowest BCUT2D eigenvalue weighted by molar-refractivity contribution is 1.50. The highest BCUT2D eigenvalue weighted by Gasteiger charge is 1.88. The van der Waals surface area contributed by atoms with Crippen molar-refractivity contribution in [2.75, 3.05) is 5.73 Å². The number of para-hydroxylation sites is 1. The number of anilines is 1. The molecule has 0 aliphatic carbocycles. The van der Waals surface area contributed by atoms with Gasteiger partial charge in [-0.2, -0.15) is 0 Å². The number of hydrogen-bond acceptors (Lipinski definition) is 1. The van der Waals surface area contributed by atoms with Gasteiger partial charge in [0.2, 0.25) is 0 Å². The van der Waals surface area contributed by atoms with E-state index in [1.165, 1.54) is 0 Å². The van der Waals surface area contributed by atoms with E-state index in [-0.39, 0.29) is 0 Å². The summed E-state index contributed by atoms with van der Waals surface area (Å²) in [4.78, 5) is 0. The molecule has 0 atom stereocenters. The van der Waals surface area contributed by atoms with Crippen molar-refractivity contribution < 1.29 is 0 Å². The first kappa shape index (κ1) is 11.5. The molecule has 0 unspecified atom stereocenters. The third kappa shape index (κ3) is 4.16. The number of rotatable bonds is 2. The second kappa shape index (κ2) is 7.17. The van der Waals surface area contributed by atoms with Gasteiger partial charge in [0.05, 0.1) is 0 Å². The van der Waals surface area contributed by atoms with Crippen molar-refractivity contribution in [3.8, 4) is 0 Å². The second-order valence-corrected chi connectivity index (χ2v) is 2.22. The third-order valence-electron chi connectivity index (χ3n) is 1.41. The fourth-order valence-electron chi connectivity index (χ4n) is 0.834. The van der Waals surface area contributed by atoms with Gasteiger partial charge in [-0.1, -0.05) is 56.9 Å². The number of hydrogen-bond donors (Lipinski definition) is 1. The zero-order chi connectivity index (χ0) is 10.1. The maximum Gasteiger partial charge on any atom is 0.0387 e. The standard InChI is InChI=1S/C10H11N.C2H6/c1-2-3-6-9-7-4-5-8-10(9)11;1-2/h2-8H,1,11H2;1-2H3/b6-3-;. The Morgan fingerprint density at radius 1 is 1.23 bits per heavy atom. The molecule has 0 saturated heterocycles. The molecule has 0 saturated carbocycles. The van der Waals surface area contributed by atoms with Crippen LogP contribution in [0, 0.1) is 0 Å². The molecule has 0 radical (unpaired) electrons. The van der Waals surface area contributed by atoms with Crippen LogP contribution in [-0.2, 0) is 0 Å². The first-order chi connectivity index (χ1) is 6.34. The van der Waals surface area contributed by atoms with E-state index in [1.807, 2.05) is 50.3 Å². The van der Waals surface area contributed by atoms with E-state index in [0.29, 0.717) is 0 Å². The predicted octanol–water partition coefficient (Wildman–Crippen LogP) is 3.49. The molecule has 1 heteroatoms. The summed E-state index contributed by atoms with van der Waals surface area (Å²) in [7, 11) is 0. The molecule has 0 heterocycles. The van der Waals surface area contributed by atoms with Crippen molar-refractivity contribution >= 4 is 11.8 Å². The number of allylic oxidation sites excluding steroid dienone is 2. The quantitative estimate of drug-likeness (QED) is 0.540. The van der Waals surface area contributed by atoms with Crippen molar-refractivity contribution in [1.82, 2.24) is 0 Å². The fourth-order valence-corrected chi connectivity index (χ4v) is 0.834. The van der Waals surface area contributed by atoms with E-state index < -0.39 is 0 Å². The van der Waals surface area contributed by atoms with Crippen LogP contribution in [0.4, 0.5) is 5.69 Å². The van der Waals surface area contributed by atoms with Crippen LogP contribution in [-0.4, -0.2) is 0 Å². The normalized spacial score (nSPS) is 9.08. The molecule has 13 heavy (non-hydrogen) atoms. The molecule has 1 aromatic rings. The van der Waals surface area contributed by atoms with E-state index in [1.54, 1.807) is 6.08 Å². The van der Waals surface area contributed by atoms with Gasteiger partial charge in [0.1, 0.15) is 0 Å². The minimum atomic E-state index is 0.797. The van der Waals surface area contributed by atoms with Crippen molar-refractivity contribution in [3.05, 3.63) is 48.6 Å². The van der Waals surface area contributed by atoms with Gasteiger partial charge in [0.15, 0.2) is 0 Å². The minimum absolute atomic E-state index is 0.797. The molecule has 1 rings (SSSR count). The average molecular weight is 175 g/mol. The molecular formula is C12H17N. The molecule has 70 valence electrons. The molecule has 0 amide bonds. The van der Waals surface area contributed by atoms with Gasteiger partial charge in [-0.3, -0.25) is 0 Å². The third-order valence-corrected chi connectivity index (χ3v) is 1.41. The zero-order valence-electron chi connectivity index (χ0n) is 8.33. The summed E-state index contributed by atoms with van der Waals surface area (Å²) in [6, 6.07) is 7.72. The van der Waals surface area contributed by atoms with Gasteiger partial charge >= 0.3 is 0 Å². The zero-order valence-corrected chi connectivity index (χ0v) is 8.33. The monoisotopic (exact) mass is 175 g/mol. The predicted molar refractivity (Wildman–Crippen MR) is 61.4 cm³/mol. The van der Waals surface area contributed by atoms with Crippen LogP contribution in [0.3, 0.4) is 0 Å². The van der Waals surface area contributed by atoms with Crippen LogP contribution < -0.4 is 5.73 Å². The lowest BCUT2D eigenvalue weighted by atomic mass is 10.2. The van der Waals surface area contributed by atoms with Crippen LogP contribution in [0.25, 0.3) is 6.08 Å². The van der Waals surface area contributed by atoms with E-state index in [9.17, 15) is 0 Å². The van der Waals surface area contributed by atoms with Crippen LogP contribution in [0.15, 0.2) is 43.0 Å². The molecule has 0 aliphatic rings. The SMILES string of the molecule is C=C/C=C\c1ccccc1N.CC. The Balaban J connectivity index is 0.000000671. The maximum absolute atomic E-state index is 5.68. The number of nitrogen functional groups attached to an aromatic ring is 1. The van der Waals surface area contributed by atoms with Gasteiger partial charge in [-0.25, -0.2) is 0 Å². The number of benzene rings is 1. The molecule has 2 N–H and O–H groups in total. The van der Waals surface area contributed by atoms with Crippen molar-refractivity contribution in [1.29, 1.82) is 0 Å². The van der Waals surface area contributed by atoms with E-state index >= 15 is 0 Å². The molecule has 0 fully saturated rings. The Labute approximate surface area is 80.6 Å². The van der Waals surface area contributed by atoms with Crippen molar-refractivity contribution in [2.24, 2.45) is 0 Å². The van der Waals surface area contributed by atoms with Crippen LogP contribution in [0.1, 0.15) is 19.4 Å². The molecule has 0 aromatic heterocycles. The van der Waals surface area contributed by atoms with Crippen LogP contribution in [0.5, 0.6) is 0 Å². The maximum atomic E-state index is 5.68. The van der Waals surface area contributed by atoms with Gasteiger partial charge < -0.3 is 5.73 Å². The van der Waals surface area contributed by atoms with Gasteiger partial charge in [-0.05, 0) is 11.6 Å². The minimum Gasteiger partial charge on any atom is -0.398 e. The summed E-state index contributed by atoms with van der Waals surface area (Å²) >= 11 is 0. The Hall–Kier alpha value is -1.50. The first-order valence-electron chi connectivity index (χ1n) is 4.48. The van der Waals surface area contributed by atoms with Crippen LogP contribution >= 0.6 is 0 Å². The molecular weight excluding hydrogens is 158 g/mol. The Kier molecular flexibility index (Phi) is 6.34. The van der Waals surface area contributed by atoms with Crippen molar-refractivity contribution in [3.63, 3.8) is 0 Å². The fraction of sp³-hybridized carbons (Fsp3) is 0.167. The van der Waals surface area contributed by atoms with Crippen LogP contribution in [0.2, 0.25) is 0 Å². The largest absolute Gasteiger partial charge is 0.398 e. The lowest BCUT2D eigenvalue weighted by Crippen LogP contribution is -1.86.